The molecule has 4 nitrogen and oxygen atoms in total. The van der Waals surface area contributed by atoms with Crippen molar-refractivity contribution < 1.29 is 14.6 Å². The Labute approximate surface area is 113 Å². The minimum atomic E-state index is -0.460. The number of ether oxygens (including phenoxy) is 2. The summed E-state index contributed by atoms with van der Waals surface area (Å²) in [5, 5.41) is 10.3. The minimum absolute atomic E-state index is 0.0409. The van der Waals surface area contributed by atoms with Gasteiger partial charge in [0.2, 0.25) is 0 Å². The summed E-state index contributed by atoms with van der Waals surface area (Å²) in [5.74, 6) is 0.979. The van der Waals surface area contributed by atoms with Crippen LogP contribution in [-0.2, 0) is 11.2 Å². The number of aliphatic hydroxyl groups is 1. The van der Waals surface area contributed by atoms with Crippen LogP contribution in [0.3, 0.4) is 0 Å². The molecule has 2 unspecified atom stereocenters. The molecule has 1 fully saturated rings. The number of hydrogen-bond donors (Lipinski definition) is 1. The Morgan fingerprint density at radius 2 is 2.11 bits per heavy atom. The summed E-state index contributed by atoms with van der Waals surface area (Å²) < 4.78 is 11.2. The minimum Gasteiger partial charge on any atom is -0.490 e. The van der Waals surface area contributed by atoms with Crippen molar-refractivity contribution in [3.8, 4) is 5.75 Å². The fraction of sp³-hybridized carbons (Fsp3) is 0.600. The number of rotatable bonds is 2. The maximum absolute atomic E-state index is 10.3. The number of hydrogen-bond acceptors (Lipinski definition) is 4. The third-order valence-electron chi connectivity index (χ3n) is 4.03. The Hall–Kier alpha value is -1.10. The van der Waals surface area contributed by atoms with E-state index in [-0.39, 0.29) is 6.04 Å². The van der Waals surface area contributed by atoms with Crippen molar-refractivity contribution >= 4 is 0 Å². The van der Waals surface area contributed by atoms with Crippen molar-refractivity contribution in [3.05, 3.63) is 29.3 Å². The predicted octanol–water partition coefficient (Wildman–Crippen LogP) is 1.38. The Kier molecular flexibility index (Phi) is 3.73. The highest BCUT2D eigenvalue weighted by Gasteiger charge is 2.35. The summed E-state index contributed by atoms with van der Waals surface area (Å²) in [6, 6.07) is 6.29. The van der Waals surface area contributed by atoms with Gasteiger partial charge in [-0.05, 0) is 12.0 Å². The van der Waals surface area contributed by atoms with E-state index in [4.69, 9.17) is 9.47 Å². The summed E-state index contributed by atoms with van der Waals surface area (Å²) >= 11 is 0. The molecule has 3 rings (SSSR count). The first-order chi connectivity index (χ1) is 9.31. The molecule has 0 radical (unpaired) electrons. The van der Waals surface area contributed by atoms with Gasteiger partial charge in [-0.25, -0.2) is 0 Å². The van der Waals surface area contributed by atoms with Crippen LogP contribution in [0.2, 0.25) is 0 Å². The fourth-order valence-electron chi connectivity index (χ4n) is 3.05. The second kappa shape index (κ2) is 5.49. The number of aryl methyl sites for hydroxylation is 1. The molecule has 0 aliphatic carbocycles. The number of fused-ring (bicyclic) bond motifs is 1. The molecule has 0 bridgehead atoms. The van der Waals surface area contributed by atoms with Gasteiger partial charge in [-0.15, -0.1) is 0 Å². The van der Waals surface area contributed by atoms with Gasteiger partial charge in [0, 0.05) is 18.7 Å². The van der Waals surface area contributed by atoms with Crippen molar-refractivity contribution in [2.45, 2.75) is 25.5 Å². The maximum atomic E-state index is 10.3. The van der Waals surface area contributed by atoms with Crippen molar-refractivity contribution in [1.82, 2.24) is 4.90 Å². The summed E-state index contributed by atoms with van der Waals surface area (Å²) in [6.07, 6.45) is 0.493. The number of benzene rings is 1. The van der Waals surface area contributed by atoms with Crippen molar-refractivity contribution in [2.75, 3.05) is 32.9 Å². The smallest absolute Gasteiger partial charge is 0.127 e. The molecule has 2 aliphatic heterocycles. The van der Waals surface area contributed by atoms with E-state index in [9.17, 15) is 5.11 Å². The third-order valence-corrected chi connectivity index (χ3v) is 4.03. The Balaban J connectivity index is 1.96. The lowest BCUT2D eigenvalue weighted by atomic mass is 9.93. The van der Waals surface area contributed by atoms with Crippen molar-refractivity contribution in [1.29, 1.82) is 0 Å². The van der Waals surface area contributed by atoms with E-state index in [1.807, 2.05) is 0 Å². The highest BCUT2D eigenvalue weighted by molar-refractivity contribution is 5.45. The average Bonchev–Trinajstić information content (AvgIpc) is 2.47. The van der Waals surface area contributed by atoms with E-state index >= 15 is 0 Å². The standard InChI is InChI=1S/C15H21NO3/c1-2-11-4-3-5-12-14(13(17)10-19-15(11)12)16-6-8-18-9-7-16/h3-5,13-14,17H,2,6-10H2,1H3. The zero-order valence-electron chi connectivity index (χ0n) is 11.3. The SMILES string of the molecule is CCc1cccc2c1OCC(O)C2N1CCOCC1. The predicted molar refractivity (Wildman–Crippen MR) is 72.5 cm³/mol. The molecular weight excluding hydrogens is 242 g/mol. The van der Waals surface area contributed by atoms with Crippen LogP contribution in [0.25, 0.3) is 0 Å². The molecule has 2 aliphatic rings. The van der Waals surface area contributed by atoms with Crippen molar-refractivity contribution in [3.63, 3.8) is 0 Å². The molecule has 0 spiro atoms. The number of nitrogens with zero attached hydrogens (tertiary/aromatic N) is 1. The third kappa shape index (κ3) is 2.36. The maximum Gasteiger partial charge on any atom is 0.127 e. The van der Waals surface area contributed by atoms with Gasteiger partial charge in [-0.3, -0.25) is 4.90 Å². The van der Waals surface area contributed by atoms with E-state index in [0.29, 0.717) is 6.61 Å². The Bertz CT molecular complexity index is 443. The zero-order valence-corrected chi connectivity index (χ0v) is 11.3. The fourth-order valence-corrected chi connectivity index (χ4v) is 3.05. The zero-order chi connectivity index (χ0) is 13.2. The van der Waals surface area contributed by atoms with Gasteiger partial charge in [0.25, 0.3) is 0 Å². The van der Waals surface area contributed by atoms with E-state index in [0.717, 1.165) is 44.0 Å². The second-order valence-corrected chi connectivity index (χ2v) is 5.16. The van der Waals surface area contributed by atoms with Gasteiger partial charge in [-0.2, -0.15) is 0 Å². The lowest BCUT2D eigenvalue weighted by molar-refractivity contribution is -0.0445. The quantitative estimate of drug-likeness (QED) is 0.875. The summed E-state index contributed by atoms with van der Waals surface area (Å²) in [7, 11) is 0. The molecule has 0 aromatic heterocycles. The van der Waals surface area contributed by atoms with Gasteiger partial charge in [-0.1, -0.05) is 25.1 Å². The van der Waals surface area contributed by atoms with Crippen LogP contribution in [0, 0.1) is 0 Å². The Morgan fingerprint density at radius 1 is 1.32 bits per heavy atom. The van der Waals surface area contributed by atoms with Crippen LogP contribution in [0.4, 0.5) is 0 Å². The van der Waals surface area contributed by atoms with Gasteiger partial charge in [0.1, 0.15) is 18.5 Å². The molecule has 2 atom stereocenters. The number of morpholine rings is 1. The Morgan fingerprint density at radius 3 is 2.84 bits per heavy atom. The molecule has 1 aromatic rings. The summed E-state index contributed by atoms with van der Waals surface area (Å²) in [5.41, 5.74) is 2.35. The molecular formula is C15H21NO3. The molecule has 1 aromatic carbocycles. The summed E-state index contributed by atoms with van der Waals surface area (Å²) in [4.78, 5) is 2.31. The van der Waals surface area contributed by atoms with Gasteiger partial charge in [0.15, 0.2) is 0 Å². The second-order valence-electron chi connectivity index (χ2n) is 5.16. The number of para-hydroxylation sites is 1. The molecule has 1 N–H and O–H groups in total. The molecule has 19 heavy (non-hydrogen) atoms. The van der Waals surface area contributed by atoms with E-state index in [1.54, 1.807) is 0 Å². The van der Waals surface area contributed by atoms with Crippen LogP contribution in [0.1, 0.15) is 24.1 Å². The van der Waals surface area contributed by atoms with Gasteiger partial charge < -0.3 is 14.6 Å². The highest BCUT2D eigenvalue weighted by Crippen LogP contribution is 2.38. The first kappa shape index (κ1) is 12.9. The van der Waals surface area contributed by atoms with Crippen LogP contribution in [-0.4, -0.2) is 49.0 Å². The average molecular weight is 263 g/mol. The van der Waals surface area contributed by atoms with Crippen LogP contribution in [0.15, 0.2) is 18.2 Å². The molecule has 0 saturated carbocycles. The lowest BCUT2D eigenvalue weighted by Gasteiger charge is -2.40. The van der Waals surface area contributed by atoms with Crippen LogP contribution < -0.4 is 4.74 Å². The largest absolute Gasteiger partial charge is 0.490 e. The molecule has 104 valence electrons. The summed E-state index contributed by atoms with van der Waals surface area (Å²) in [6.45, 7) is 5.74. The number of aliphatic hydroxyl groups excluding tert-OH is 1. The first-order valence-electron chi connectivity index (χ1n) is 7.05. The highest BCUT2D eigenvalue weighted by atomic mass is 16.5. The molecule has 1 saturated heterocycles. The van der Waals surface area contributed by atoms with E-state index < -0.39 is 6.10 Å². The topological polar surface area (TPSA) is 41.9 Å². The van der Waals surface area contributed by atoms with E-state index in [2.05, 4.69) is 30.0 Å². The van der Waals surface area contributed by atoms with Crippen LogP contribution in [0.5, 0.6) is 5.75 Å². The van der Waals surface area contributed by atoms with E-state index in [1.165, 1.54) is 5.56 Å². The van der Waals surface area contributed by atoms with Gasteiger partial charge >= 0.3 is 0 Å². The first-order valence-corrected chi connectivity index (χ1v) is 7.05. The van der Waals surface area contributed by atoms with Crippen molar-refractivity contribution in [2.24, 2.45) is 0 Å². The van der Waals surface area contributed by atoms with Crippen LogP contribution >= 0.6 is 0 Å². The monoisotopic (exact) mass is 263 g/mol. The molecule has 2 heterocycles. The van der Waals surface area contributed by atoms with Gasteiger partial charge in [0.05, 0.1) is 19.3 Å². The normalized spacial score (nSPS) is 27.7. The molecule has 4 heteroatoms. The lowest BCUT2D eigenvalue weighted by Crippen LogP contribution is -2.47. The molecule has 0 amide bonds.